The average molecular weight is 652 g/mol. The zero-order valence-corrected chi connectivity index (χ0v) is 30.4. The summed E-state index contributed by atoms with van der Waals surface area (Å²) in [6, 6.07) is 12.1. The summed E-state index contributed by atoms with van der Waals surface area (Å²) in [4.78, 5) is 57.1. The van der Waals surface area contributed by atoms with Gasteiger partial charge < -0.3 is 25.0 Å². The van der Waals surface area contributed by atoms with E-state index in [4.69, 9.17) is 9.47 Å². The molecule has 3 amide bonds. The van der Waals surface area contributed by atoms with E-state index in [2.05, 4.69) is 17.6 Å². The molecule has 260 valence electrons. The molecule has 0 heterocycles. The molecule has 0 bridgehead atoms. The first-order chi connectivity index (χ1) is 21.8. The standard InChI is InChI=1S/C38H57N3O6/c1-12-13-17-20-41(34(43)31(25(2)3)40-36(45)47-38(9,10)11)32(29-22-26(4)21-27(5)23-29)33(42)39-30(35(44)46-37(6,7)8)24-28-18-15-14-16-19-28/h14-16,18-19,21-23,25,30-32H,12-13,17,20,24H2,1-11H3,(H,39,42)(H,40,45). The van der Waals surface area contributed by atoms with Crippen molar-refractivity contribution in [3.63, 3.8) is 0 Å². The summed E-state index contributed by atoms with van der Waals surface area (Å²) in [5, 5.41) is 5.74. The molecule has 2 aromatic carbocycles. The molecule has 0 aromatic heterocycles. The Morgan fingerprint density at radius 2 is 1.38 bits per heavy atom. The fourth-order valence-corrected chi connectivity index (χ4v) is 5.33. The van der Waals surface area contributed by atoms with E-state index in [9.17, 15) is 19.2 Å². The first-order valence-corrected chi connectivity index (χ1v) is 16.8. The Morgan fingerprint density at radius 1 is 0.809 bits per heavy atom. The van der Waals surface area contributed by atoms with Crippen molar-refractivity contribution in [3.8, 4) is 0 Å². The number of nitrogens with zero attached hydrogens (tertiary/aromatic N) is 1. The molecule has 0 saturated heterocycles. The van der Waals surface area contributed by atoms with Gasteiger partial charge in [-0.25, -0.2) is 9.59 Å². The second-order valence-corrected chi connectivity index (χ2v) is 14.7. The van der Waals surface area contributed by atoms with Gasteiger partial charge in [-0.2, -0.15) is 0 Å². The molecule has 2 rings (SSSR count). The summed E-state index contributed by atoms with van der Waals surface area (Å²) >= 11 is 0. The molecular formula is C38H57N3O6. The molecule has 2 aromatic rings. The third-order valence-electron chi connectivity index (χ3n) is 7.30. The number of benzene rings is 2. The molecule has 47 heavy (non-hydrogen) atoms. The highest BCUT2D eigenvalue weighted by molar-refractivity contribution is 5.94. The topological polar surface area (TPSA) is 114 Å². The smallest absolute Gasteiger partial charge is 0.408 e. The van der Waals surface area contributed by atoms with Crippen LogP contribution in [0, 0.1) is 19.8 Å². The van der Waals surface area contributed by atoms with Crippen LogP contribution in [0.5, 0.6) is 0 Å². The van der Waals surface area contributed by atoms with Gasteiger partial charge in [0.1, 0.15) is 29.3 Å². The predicted octanol–water partition coefficient (Wildman–Crippen LogP) is 6.98. The number of alkyl carbamates (subject to hydrolysis) is 1. The second-order valence-electron chi connectivity index (χ2n) is 14.7. The van der Waals surface area contributed by atoms with Crippen LogP contribution in [0.25, 0.3) is 0 Å². The Kier molecular flexibility index (Phi) is 14.5. The van der Waals surface area contributed by atoms with Gasteiger partial charge in [-0.3, -0.25) is 9.59 Å². The van der Waals surface area contributed by atoms with Crippen LogP contribution in [0.1, 0.15) is 110 Å². The van der Waals surface area contributed by atoms with Crippen LogP contribution in [0.2, 0.25) is 0 Å². The number of rotatable bonds is 14. The van der Waals surface area contributed by atoms with Crippen LogP contribution < -0.4 is 10.6 Å². The molecule has 9 heteroatoms. The Morgan fingerprint density at radius 3 is 1.89 bits per heavy atom. The molecule has 0 spiro atoms. The number of unbranched alkanes of at least 4 members (excludes halogenated alkanes) is 2. The number of carbonyl (C=O) groups excluding carboxylic acids is 4. The van der Waals surface area contributed by atoms with E-state index >= 15 is 0 Å². The van der Waals surface area contributed by atoms with Crippen molar-refractivity contribution in [2.24, 2.45) is 5.92 Å². The minimum Gasteiger partial charge on any atom is -0.458 e. The minimum absolute atomic E-state index is 0.208. The summed E-state index contributed by atoms with van der Waals surface area (Å²) in [6.07, 6.45) is 1.89. The monoisotopic (exact) mass is 651 g/mol. The van der Waals surface area contributed by atoms with E-state index in [1.165, 1.54) is 0 Å². The van der Waals surface area contributed by atoms with Crippen LogP contribution in [-0.2, 0) is 30.3 Å². The largest absolute Gasteiger partial charge is 0.458 e. The van der Waals surface area contributed by atoms with Crippen molar-refractivity contribution in [1.29, 1.82) is 0 Å². The molecule has 3 unspecified atom stereocenters. The first-order valence-electron chi connectivity index (χ1n) is 16.8. The maximum Gasteiger partial charge on any atom is 0.408 e. The molecule has 0 aliphatic rings. The lowest BCUT2D eigenvalue weighted by Gasteiger charge is -2.36. The van der Waals surface area contributed by atoms with Crippen molar-refractivity contribution in [3.05, 3.63) is 70.8 Å². The number of nitrogens with one attached hydrogen (secondary N) is 2. The van der Waals surface area contributed by atoms with E-state index < -0.39 is 53.2 Å². The molecule has 9 nitrogen and oxygen atoms in total. The van der Waals surface area contributed by atoms with Crippen LogP contribution in [0.3, 0.4) is 0 Å². The number of hydrogen-bond donors (Lipinski definition) is 2. The van der Waals surface area contributed by atoms with Crippen molar-refractivity contribution in [2.75, 3.05) is 6.54 Å². The zero-order chi connectivity index (χ0) is 35.5. The first kappa shape index (κ1) is 39.3. The van der Waals surface area contributed by atoms with Crippen molar-refractivity contribution in [1.82, 2.24) is 15.5 Å². The maximum absolute atomic E-state index is 14.6. The quantitative estimate of drug-likeness (QED) is 0.168. The van der Waals surface area contributed by atoms with Gasteiger partial charge in [-0.1, -0.05) is 93.3 Å². The highest BCUT2D eigenvalue weighted by Gasteiger charge is 2.39. The zero-order valence-electron chi connectivity index (χ0n) is 30.4. The number of hydrogen-bond acceptors (Lipinski definition) is 6. The number of ether oxygens (including phenoxy) is 2. The molecule has 3 atom stereocenters. The highest BCUT2D eigenvalue weighted by Crippen LogP contribution is 2.27. The lowest BCUT2D eigenvalue weighted by molar-refractivity contribution is -0.159. The highest BCUT2D eigenvalue weighted by atomic mass is 16.6. The van der Waals surface area contributed by atoms with Crippen molar-refractivity contribution >= 4 is 23.9 Å². The lowest BCUT2D eigenvalue weighted by Crippen LogP contribution is -2.56. The number of esters is 1. The normalized spacial score (nSPS) is 13.7. The van der Waals surface area contributed by atoms with E-state index in [1.807, 2.05) is 76.2 Å². The lowest BCUT2D eigenvalue weighted by atomic mass is 9.95. The number of amides is 3. The molecular weight excluding hydrogens is 594 g/mol. The van der Waals surface area contributed by atoms with Gasteiger partial charge in [0, 0.05) is 13.0 Å². The van der Waals surface area contributed by atoms with Crippen molar-refractivity contribution in [2.45, 2.75) is 131 Å². The van der Waals surface area contributed by atoms with Gasteiger partial charge in [0.2, 0.25) is 11.8 Å². The van der Waals surface area contributed by atoms with Gasteiger partial charge in [0.15, 0.2) is 0 Å². The summed E-state index contributed by atoms with van der Waals surface area (Å²) in [5.74, 6) is -1.78. The van der Waals surface area contributed by atoms with Gasteiger partial charge in [-0.05, 0) is 78.9 Å². The fourth-order valence-electron chi connectivity index (χ4n) is 5.33. The minimum atomic E-state index is -1.08. The molecule has 0 fully saturated rings. The summed E-state index contributed by atoms with van der Waals surface area (Å²) in [5.41, 5.74) is 1.80. The number of carbonyl (C=O) groups is 4. The predicted molar refractivity (Wildman–Crippen MR) is 186 cm³/mol. The fraction of sp³-hybridized carbons (Fsp3) is 0.579. The third-order valence-corrected chi connectivity index (χ3v) is 7.30. The van der Waals surface area contributed by atoms with Gasteiger partial charge >= 0.3 is 12.1 Å². The summed E-state index contributed by atoms with van der Waals surface area (Å²) in [7, 11) is 0. The molecule has 0 aliphatic heterocycles. The maximum atomic E-state index is 14.6. The van der Waals surface area contributed by atoms with Crippen LogP contribution in [0.15, 0.2) is 48.5 Å². The van der Waals surface area contributed by atoms with Gasteiger partial charge in [0.25, 0.3) is 0 Å². The Bertz CT molecular complexity index is 1320. The van der Waals surface area contributed by atoms with Crippen LogP contribution >= 0.6 is 0 Å². The van der Waals surface area contributed by atoms with E-state index in [0.717, 1.165) is 29.5 Å². The molecule has 0 radical (unpaired) electrons. The van der Waals surface area contributed by atoms with E-state index in [-0.39, 0.29) is 18.9 Å². The molecule has 0 aliphatic carbocycles. The Balaban J connectivity index is 2.66. The molecule has 2 N–H and O–H groups in total. The van der Waals surface area contributed by atoms with Crippen molar-refractivity contribution < 1.29 is 28.7 Å². The average Bonchev–Trinajstić information content (AvgIpc) is 2.92. The third kappa shape index (κ3) is 13.4. The number of aryl methyl sites for hydroxylation is 2. The van der Waals surface area contributed by atoms with Crippen LogP contribution in [0.4, 0.5) is 4.79 Å². The van der Waals surface area contributed by atoms with E-state index in [1.54, 1.807) is 46.4 Å². The SMILES string of the molecule is CCCCCN(C(=O)C(NC(=O)OC(C)(C)C)C(C)C)C(C(=O)NC(Cc1ccccc1)C(=O)OC(C)(C)C)c1cc(C)cc(C)c1. The Labute approximate surface area is 282 Å². The van der Waals surface area contributed by atoms with Gasteiger partial charge in [0.05, 0.1) is 0 Å². The Hall–Kier alpha value is -3.88. The second kappa shape index (κ2) is 17.3. The van der Waals surface area contributed by atoms with E-state index in [0.29, 0.717) is 12.0 Å². The van der Waals surface area contributed by atoms with Crippen LogP contribution in [-0.4, -0.2) is 58.6 Å². The summed E-state index contributed by atoms with van der Waals surface area (Å²) in [6.45, 7) is 20.5. The van der Waals surface area contributed by atoms with Gasteiger partial charge in [-0.15, -0.1) is 0 Å². The molecule has 0 saturated carbocycles. The summed E-state index contributed by atoms with van der Waals surface area (Å²) < 4.78 is 11.2.